The van der Waals surface area contributed by atoms with Gasteiger partial charge in [-0.25, -0.2) is 4.79 Å². The number of methoxy groups -OCH3 is 1. The first-order valence-electron chi connectivity index (χ1n) is 13.5. The van der Waals surface area contributed by atoms with Crippen LogP contribution in [0.4, 0.5) is 10.5 Å². The molecule has 214 valence electrons. The normalized spacial score (nSPS) is 13.7. The highest BCUT2D eigenvalue weighted by atomic mass is 16.6. The van der Waals surface area contributed by atoms with Gasteiger partial charge in [-0.3, -0.25) is 9.59 Å². The van der Waals surface area contributed by atoms with Gasteiger partial charge in [0.05, 0.1) is 7.11 Å². The highest BCUT2D eigenvalue weighted by molar-refractivity contribution is 5.99. The first kappa shape index (κ1) is 31.7. The second-order valence-electron chi connectivity index (χ2n) is 11.3. The molecule has 0 radical (unpaired) electrons. The Kier molecular flexibility index (Phi) is 11.0. The molecule has 2 aromatic rings. The van der Waals surface area contributed by atoms with Crippen molar-refractivity contribution >= 4 is 23.6 Å². The molecule has 0 heterocycles. The van der Waals surface area contributed by atoms with Gasteiger partial charge in [0, 0.05) is 11.7 Å². The lowest BCUT2D eigenvalue weighted by molar-refractivity contribution is -0.144. The second kappa shape index (κ2) is 13.5. The molecule has 0 saturated carbocycles. The number of anilines is 1. The number of nitrogens with zero attached hydrogens (tertiary/aromatic N) is 1. The van der Waals surface area contributed by atoms with Crippen molar-refractivity contribution in [1.29, 1.82) is 0 Å². The number of alkyl carbamates (subject to hydrolysis) is 1. The number of rotatable bonds is 10. The number of benzene rings is 2. The number of nitrogens with one attached hydrogen (secondary N) is 2. The molecule has 0 aromatic heterocycles. The van der Waals surface area contributed by atoms with Gasteiger partial charge in [-0.05, 0) is 89.8 Å². The zero-order chi connectivity index (χ0) is 29.5. The van der Waals surface area contributed by atoms with Gasteiger partial charge >= 0.3 is 6.09 Å². The Bertz CT molecular complexity index is 1140. The summed E-state index contributed by atoms with van der Waals surface area (Å²) in [6, 6.07) is 10.7. The standard InChI is InChI=1S/C31H45N3O5/c1-11-21(5)26(33-30(37)39-31(7,8)9)29(36)34(19(2)3)27(25-17-12-20(4)18-22(25)6)28(35)32-23-13-15-24(38-10)16-14-23/h12-19,21,26-27H,11H2,1-10H3,(H,32,35)(H,33,37). The summed E-state index contributed by atoms with van der Waals surface area (Å²) in [5.74, 6) is -0.229. The molecule has 0 spiro atoms. The van der Waals surface area contributed by atoms with Crippen molar-refractivity contribution < 1.29 is 23.9 Å². The molecule has 0 aliphatic heterocycles. The first-order valence-corrected chi connectivity index (χ1v) is 13.5. The summed E-state index contributed by atoms with van der Waals surface area (Å²) in [5, 5.41) is 5.77. The SMILES string of the molecule is CCC(C)C(NC(=O)OC(C)(C)C)C(=O)N(C(C)C)C(C(=O)Nc1ccc(OC)cc1)c1ccc(C)cc1C. The van der Waals surface area contributed by atoms with Crippen LogP contribution in [-0.4, -0.2) is 47.6 Å². The third kappa shape index (κ3) is 8.73. The zero-order valence-electron chi connectivity index (χ0n) is 25.0. The van der Waals surface area contributed by atoms with Crippen LogP contribution in [0.2, 0.25) is 0 Å². The van der Waals surface area contributed by atoms with Crippen LogP contribution in [0.25, 0.3) is 0 Å². The predicted octanol–water partition coefficient (Wildman–Crippen LogP) is 6.17. The van der Waals surface area contributed by atoms with Crippen molar-refractivity contribution in [2.75, 3.05) is 12.4 Å². The van der Waals surface area contributed by atoms with Gasteiger partial charge in [-0.2, -0.15) is 0 Å². The Labute approximate surface area is 233 Å². The average Bonchev–Trinajstić information content (AvgIpc) is 2.84. The van der Waals surface area contributed by atoms with Crippen LogP contribution in [0.15, 0.2) is 42.5 Å². The van der Waals surface area contributed by atoms with Crippen LogP contribution < -0.4 is 15.4 Å². The lowest BCUT2D eigenvalue weighted by Crippen LogP contribution is -2.56. The summed E-state index contributed by atoms with van der Waals surface area (Å²) in [5.41, 5.74) is 2.52. The molecular formula is C31H45N3O5. The van der Waals surface area contributed by atoms with Gasteiger partial charge in [0.15, 0.2) is 0 Å². The summed E-state index contributed by atoms with van der Waals surface area (Å²) in [6.07, 6.45) is -0.0275. The van der Waals surface area contributed by atoms with Crippen molar-refractivity contribution in [1.82, 2.24) is 10.2 Å². The fourth-order valence-electron chi connectivity index (χ4n) is 4.39. The molecule has 3 unspecified atom stereocenters. The number of amides is 3. The molecule has 0 bridgehead atoms. The van der Waals surface area contributed by atoms with Gasteiger partial charge in [0.1, 0.15) is 23.4 Å². The van der Waals surface area contributed by atoms with E-state index in [9.17, 15) is 14.4 Å². The monoisotopic (exact) mass is 539 g/mol. The summed E-state index contributed by atoms with van der Waals surface area (Å²) >= 11 is 0. The molecule has 2 aromatic carbocycles. The van der Waals surface area contributed by atoms with E-state index in [-0.39, 0.29) is 23.8 Å². The minimum atomic E-state index is -0.938. The molecule has 0 aliphatic rings. The number of ether oxygens (including phenoxy) is 2. The molecular weight excluding hydrogens is 494 g/mol. The van der Waals surface area contributed by atoms with Crippen LogP contribution in [0, 0.1) is 19.8 Å². The van der Waals surface area contributed by atoms with Gasteiger partial charge in [-0.1, -0.05) is 44.0 Å². The maximum Gasteiger partial charge on any atom is 0.408 e. The minimum Gasteiger partial charge on any atom is -0.497 e. The Morgan fingerprint density at radius 2 is 1.59 bits per heavy atom. The van der Waals surface area contributed by atoms with E-state index in [0.717, 1.165) is 11.1 Å². The van der Waals surface area contributed by atoms with Gasteiger partial charge in [0.25, 0.3) is 5.91 Å². The third-order valence-electron chi connectivity index (χ3n) is 6.57. The van der Waals surface area contributed by atoms with E-state index in [2.05, 4.69) is 10.6 Å². The van der Waals surface area contributed by atoms with Crippen molar-refractivity contribution in [3.8, 4) is 5.75 Å². The van der Waals surface area contributed by atoms with Crippen molar-refractivity contribution in [2.45, 2.75) is 92.5 Å². The van der Waals surface area contributed by atoms with E-state index in [1.54, 1.807) is 57.0 Å². The maximum absolute atomic E-state index is 14.3. The average molecular weight is 540 g/mol. The van der Waals surface area contributed by atoms with Gasteiger partial charge in [-0.15, -0.1) is 0 Å². The quantitative estimate of drug-likeness (QED) is 0.376. The molecule has 39 heavy (non-hydrogen) atoms. The van der Waals surface area contributed by atoms with Crippen LogP contribution in [0.5, 0.6) is 5.75 Å². The van der Waals surface area contributed by atoms with Crippen LogP contribution in [0.1, 0.15) is 77.6 Å². The van der Waals surface area contributed by atoms with E-state index in [1.165, 1.54) is 0 Å². The van der Waals surface area contributed by atoms with Crippen LogP contribution in [0.3, 0.4) is 0 Å². The molecule has 0 saturated heterocycles. The minimum absolute atomic E-state index is 0.198. The summed E-state index contributed by atoms with van der Waals surface area (Å²) < 4.78 is 10.7. The van der Waals surface area contributed by atoms with Crippen molar-refractivity contribution in [2.24, 2.45) is 5.92 Å². The Morgan fingerprint density at radius 3 is 2.08 bits per heavy atom. The summed E-state index contributed by atoms with van der Waals surface area (Å²) in [7, 11) is 1.58. The van der Waals surface area contributed by atoms with Crippen LogP contribution >= 0.6 is 0 Å². The Hall–Kier alpha value is -3.55. The number of hydrogen-bond acceptors (Lipinski definition) is 5. The van der Waals surface area contributed by atoms with Gasteiger partial charge < -0.3 is 25.0 Å². The molecule has 8 nitrogen and oxygen atoms in total. The highest BCUT2D eigenvalue weighted by Crippen LogP contribution is 2.30. The van der Waals surface area contributed by atoms with E-state index in [1.807, 2.05) is 59.7 Å². The van der Waals surface area contributed by atoms with E-state index >= 15 is 0 Å². The first-order chi connectivity index (χ1) is 18.2. The van der Waals surface area contributed by atoms with Gasteiger partial charge in [0.2, 0.25) is 5.91 Å². The van der Waals surface area contributed by atoms with Crippen molar-refractivity contribution in [3.63, 3.8) is 0 Å². The fraction of sp³-hybridized carbons (Fsp3) is 0.516. The smallest absolute Gasteiger partial charge is 0.408 e. The molecule has 3 amide bonds. The lowest BCUT2D eigenvalue weighted by Gasteiger charge is -2.39. The molecule has 0 aliphatic carbocycles. The van der Waals surface area contributed by atoms with Crippen LogP contribution in [-0.2, 0) is 14.3 Å². The molecule has 2 rings (SSSR count). The number of hydrogen-bond donors (Lipinski definition) is 2. The predicted molar refractivity (Wildman–Crippen MR) is 155 cm³/mol. The third-order valence-corrected chi connectivity index (χ3v) is 6.57. The summed E-state index contributed by atoms with van der Waals surface area (Å²) in [4.78, 5) is 42.6. The van der Waals surface area contributed by atoms with Crippen molar-refractivity contribution in [3.05, 3.63) is 59.2 Å². The Morgan fingerprint density at radius 1 is 0.974 bits per heavy atom. The van der Waals surface area contributed by atoms with E-state index < -0.39 is 23.8 Å². The Balaban J connectivity index is 2.57. The molecule has 2 N–H and O–H groups in total. The van der Waals surface area contributed by atoms with E-state index in [4.69, 9.17) is 9.47 Å². The number of carbonyl (C=O) groups is 3. The molecule has 8 heteroatoms. The maximum atomic E-state index is 14.3. The summed E-state index contributed by atoms with van der Waals surface area (Å²) in [6.45, 7) is 16.8. The topological polar surface area (TPSA) is 97.0 Å². The number of carbonyl (C=O) groups excluding carboxylic acids is 3. The largest absolute Gasteiger partial charge is 0.497 e. The fourth-order valence-corrected chi connectivity index (χ4v) is 4.39. The van der Waals surface area contributed by atoms with E-state index in [0.29, 0.717) is 23.4 Å². The molecule has 3 atom stereocenters. The lowest BCUT2D eigenvalue weighted by atomic mass is 9.93. The molecule has 0 fully saturated rings. The zero-order valence-corrected chi connectivity index (χ0v) is 25.0. The second-order valence-corrected chi connectivity index (χ2v) is 11.3. The highest BCUT2D eigenvalue weighted by Gasteiger charge is 2.40. The number of aryl methyl sites for hydroxylation is 2.